The van der Waals surface area contributed by atoms with E-state index in [1.807, 2.05) is 4.90 Å². The smallest absolute Gasteiger partial charge is 0.303 e. The van der Waals surface area contributed by atoms with Crippen molar-refractivity contribution in [3.05, 3.63) is 0 Å². The average molecular weight is 354 g/mol. The predicted octanol–water partition coefficient (Wildman–Crippen LogP) is 3.73. The first-order valence-corrected chi connectivity index (χ1v) is 10.3. The lowest BCUT2D eigenvalue weighted by molar-refractivity contribution is -0.137. The molecule has 1 heterocycles. The lowest BCUT2D eigenvalue weighted by Gasteiger charge is -2.30. The molecule has 0 aromatic heterocycles. The maximum absolute atomic E-state index is 12.2. The van der Waals surface area contributed by atoms with Crippen LogP contribution in [0.15, 0.2) is 0 Å². The van der Waals surface area contributed by atoms with Crippen LogP contribution in [-0.4, -0.2) is 45.7 Å². The van der Waals surface area contributed by atoms with Gasteiger partial charge in [-0.2, -0.15) is 0 Å². The Labute approximate surface area is 151 Å². The van der Waals surface area contributed by atoms with Crippen molar-refractivity contribution in [3.8, 4) is 0 Å². The van der Waals surface area contributed by atoms with Gasteiger partial charge in [0.2, 0.25) is 5.91 Å². The second-order valence-corrected chi connectivity index (χ2v) is 7.88. The third-order valence-corrected chi connectivity index (χ3v) is 5.99. The van der Waals surface area contributed by atoms with Gasteiger partial charge in [0, 0.05) is 25.4 Å². The Morgan fingerprint density at radius 3 is 2.52 bits per heavy atom. The Morgan fingerprint density at radius 1 is 1.08 bits per heavy atom. The zero-order valence-corrected chi connectivity index (χ0v) is 15.5. The van der Waals surface area contributed by atoms with Crippen molar-refractivity contribution in [2.75, 3.05) is 6.54 Å². The predicted molar refractivity (Wildman–Crippen MR) is 97.3 cm³/mol. The Morgan fingerprint density at radius 2 is 1.80 bits per heavy atom. The van der Waals surface area contributed by atoms with E-state index in [1.165, 1.54) is 19.3 Å². The van der Waals surface area contributed by atoms with E-state index in [1.54, 1.807) is 0 Å². The highest BCUT2D eigenvalue weighted by atomic mass is 16.4. The molecule has 1 amide bonds. The fourth-order valence-corrected chi connectivity index (χ4v) is 4.44. The van der Waals surface area contributed by atoms with Crippen LogP contribution in [0.1, 0.15) is 89.9 Å². The van der Waals surface area contributed by atoms with Gasteiger partial charge in [0.15, 0.2) is 0 Å². The van der Waals surface area contributed by atoms with Crippen molar-refractivity contribution in [3.63, 3.8) is 0 Å². The minimum atomic E-state index is -0.718. The van der Waals surface area contributed by atoms with E-state index >= 15 is 0 Å². The van der Waals surface area contributed by atoms with E-state index in [2.05, 4.69) is 0 Å². The van der Waals surface area contributed by atoms with Crippen LogP contribution in [0.4, 0.5) is 0 Å². The highest BCUT2D eigenvalue weighted by Crippen LogP contribution is 2.29. The summed E-state index contributed by atoms with van der Waals surface area (Å²) in [5, 5.41) is 19.1. The third-order valence-electron chi connectivity index (χ3n) is 5.99. The van der Waals surface area contributed by atoms with Crippen LogP contribution in [0.3, 0.4) is 0 Å². The molecule has 25 heavy (non-hydrogen) atoms. The summed E-state index contributed by atoms with van der Waals surface area (Å²) in [7, 11) is 0. The molecule has 1 saturated carbocycles. The third kappa shape index (κ3) is 6.96. The number of hydrogen-bond acceptors (Lipinski definition) is 3. The van der Waals surface area contributed by atoms with Gasteiger partial charge >= 0.3 is 5.97 Å². The molecule has 1 aliphatic heterocycles. The van der Waals surface area contributed by atoms with Crippen LogP contribution in [0, 0.1) is 5.92 Å². The van der Waals surface area contributed by atoms with Crippen molar-refractivity contribution >= 4 is 11.9 Å². The molecule has 0 unspecified atom stereocenters. The molecule has 144 valence electrons. The molecule has 2 rings (SSSR count). The fourth-order valence-electron chi connectivity index (χ4n) is 4.44. The van der Waals surface area contributed by atoms with Gasteiger partial charge in [0.05, 0.1) is 6.10 Å². The number of nitrogens with zero attached hydrogens (tertiary/aromatic N) is 1. The first-order valence-electron chi connectivity index (χ1n) is 10.3. The van der Waals surface area contributed by atoms with E-state index in [-0.39, 0.29) is 18.4 Å². The second kappa shape index (κ2) is 10.8. The van der Waals surface area contributed by atoms with Gasteiger partial charge in [0.1, 0.15) is 0 Å². The molecule has 1 aliphatic carbocycles. The number of aliphatic carboxylic acids is 1. The number of hydrogen-bond donors (Lipinski definition) is 2. The van der Waals surface area contributed by atoms with Gasteiger partial charge < -0.3 is 15.1 Å². The molecule has 0 bridgehead atoms. The second-order valence-electron chi connectivity index (χ2n) is 7.88. The number of carboxylic acid groups (broad SMARTS) is 1. The van der Waals surface area contributed by atoms with Gasteiger partial charge in [-0.15, -0.1) is 0 Å². The monoisotopic (exact) mass is 353 g/mol. The number of carboxylic acids is 1. The maximum Gasteiger partial charge on any atom is 0.303 e. The van der Waals surface area contributed by atoms with E-state index in [4.69, 9.17) is 5.11 Å². The molecule has 2 fully saturated rings. The number of carbonyl (C=O) groups excluding carboxylic acids is 1. The molecule has 5 heteroatoms. The summed E-state index contributed by atoms with van der Waals surface area (Å²) in [6.45, 7) is 0.695. The zero-order valence-electron chi connectivity index (χ0n) is 15.5. The minimum absolute atomic E-state index is 0.242. The zero-order chi connectivity index (χ0) is 18.1. The quantitative estimate of drug-likeness (QED) is 0.555. The number of aliphatic hydroxyl groups excluding tert-OH is 1. The Hall–Kier alpha value is -1.10. The summed E-state index contributed by atoms with van der Waals surface area (Å²) in [5.74, 6) is -0.0463. The van der Waals surface area contributed by atoms with Crippen molar-refractivity contribution in [2.24, 2.45) is 5.92 Å². The summed E-state index contributed by atoms with van der Waals surface area (Å²) >= 11 is 0. The van der Waals surface area contributed by atoms with Crippen molar-refractivity contribution in [1.29, 1.82) is 0 Å². The van der Waals surface area contributed by atoms with E-state index in [0.717, 1.165) is 51.4 Å². The first-order chi connectivity index (χ1) is 12.1. The summed E-state index contributed by atoms with van der Waals surface area (Å²) in [6, 6.07) is 0.325. The molecule has 0 radical (unpaired) electrons. The Bertz CT molecular complexity index is 420. The largest absolute Gasteiger partial charge is 0.481 e. The Balaban J connectivity index is 1.65. The van der Waals surface area contributed by atoms with Gasteiger partial charge in [-0.25, -0.2) is 0 Å². The minimum Gasteiger partial charge on any atom is -0.481 e. The van der Waals surface area contributed by atoms with Crippen LogP contribution in [0.25, 0.3) is 0 Å². The number of likely N-dealkylation sites (tertiary alicyclic amines) is 1. The van der Waals surface area contributed by atoms with Crippen molar-refractivity contribution in [2.45, 2.75) is 102 Å². The maximum atomic E-state index is 12.2. The van der Waals surface area contributed by atoms with Gasteiger partial charge in [-0.1, -0.05) is 38.5 Å². The van der Waals surface area contributed by atoms with Crippen LogP contribution >= 0.6 is 0 Å². The normalized spacial score (nSPS) is 23.2. The van der Waals surface area contributed by atoms with Gasteiger partial charge in [0.25, 0.3) is 0 Å². The van der Waals surface area contributed by atoms with Crippen molar-refractivity contribution < 1.29 is 19.8 Å². The average Bonchev–Trinajstić information content (AvgIpc) is 2.96. The number of aliphatic hydroxyl groups is 1. The fraction of sp³-hybridized carbons (Fsp3) is 0.900. The first kappa shape index (κ1) is 20.2. The van der Waals surface area contributed by atoms with E-state index in [0.29, 0.717) is 31.3 Å². The topological polar surface area (TPSA) is 77.8 Å². The number of amides is 1. The summed E-state index contributed by atoms with van der Waals surface area (Å²) in [4.78, 5) is 24.7. The molecule has 1 saturated heterocycles. The highest BCUT2D eigenvalue weighted by molar-refractivity contribution is 5.78. The highest BCUT2D eigenvalue weighted by Gasteiger charge is 2.31. The molecular formula is C20H35NO4. The number of rotatable bonds is 11. The molecular weight excluding hydrogens is 318 g/mol. The molecule has 5 nitrogen and oxygen atoms in total. The Kier molecular flexibility index (Phi) is 8.73. The van der Waals surface area contributed by atoms with Crippen LogP contribution in [0.2, 0.25) is 0 Å². The molecule has 2 atom stereocenters. The van der Waals surface area contributed by atoms with Crippen LogP contribution in [-0.2, 0) is 9.59 Å². The van der Waals surface area contributed by atoms with E-state index in [9.17, 15) is 14.7 Å². The standard InChI is InChI=1S/C20H35NO4/c22-18(16-8-4-3-5-9-16)14-15-21-17(12-13-19(21)23)10-6-1-2-7-11-20(24)25/h16-18,22H,1-15H2,(H,24,25)/t17-,18-/m0/s1. The van der Waals surface area contributed by atoms with Gasteiger partial charge in [-0.3, -0.25) is 9.59 Å². The molecule has 0 aromatic carbocycles. The molecule has 0 spiro atoms. The lowest BCUT2D eigenvalue weighted by atomic mass is 9.84. The summed E-state index contributed by atoms with van der Waals surface area (Å²) in [5.41, 5.74) is 0. The summed E-state index contributed by atoms with van der Waals surface area (Å²) in [6.07, 6.45) is 13.1. The molecule has 0 aromatic rings. The molecule has 2 N–H and O–H groups in total. The van der Waals surface area contributed by atoms with Crippen LogP contribution < -0.4 is 0 Å². The molecule has 2 aliphatic rings. The van der Waals surface area contributed by atoms with Crippen molar-refractivity contribution in [1.82, 2.24) is 4.90 Å². The summed E-state index contributed by atoms with van der Waals surface area (Å²) < 4.78 is 0. The number of carbonyl (C=O) groups is 2. The SMILES string of the molecule is O=C(O)CCCCCC[C@H]1CCC(=O)N1CC[C@H](O)C1CCCCC1. The number of unbranched alkanes of at least 4 members (excludes halogenated alkanes) is 3. The van der Waals surface area contributed by atoms with Gasteiger partial charge in [-0.05, 0) is 44.4 Å². The van der Waals surface area contributed by atoms with E-state index < -0.39 is 5.97 Å². The van der Waals surface area contributed by atoms with Crippen LogP contribution in [0.5, 0.6) is 0 Å². The lowest BCUT2D eigenvalue weighted by Crippen LogP contribution is -2.36.